The Morgan fingerprint density at radius 3 is 2.61 bits per heavy atom. The zero-order chi connectivity index (χ0) is 12.7. The van der Waals surface area contributed by atoms with Crippen molar-refractivity contribution in [3.63, 3.8) is 0 Å². The van der Waals surface area contributed by atoms with E-state index >= 15 is 0 Å². The van der Waals surface area contributed by atoms with E-state index in [1.165, 1.54) is 34.4 Å². The normalized spacial score (nSPS) is 14.8. The third-order valence-electron chi connectivity index (χ3n) is 3.48. The van der Waals surface area contributed by atoms with Crippen molar-refractivity contribution in [2.24, 2.45) is 0 Å². The van der Waals surface area contributed by atoms with E-state index in [0.717, 1.165) is 10.8 Å². The lowest BCUT2D eigenvalue weighted by Crippen LogP contribution is -1.99. The van der Waals surface area contributed by atoms with Gasteiger partial charge in [-0.1, -0.05) is 12.1 Å². The van der Waals surface area contributed by atoms with Crippen molar-refractivity contribution >= 4 is 16.5 Å². The summed E-state index contributed by atoms with van der Waals surface area (Å²) in [6.45, 7) is 6.46. The molecule has 1 fully saturated rings. The van der Waals surface area contributed by atoms with Crippen molar-refractivity contribution in [3.05, 3.63) is 34.2 Å². The molecule has 0 amide bonds. The topological polar surface area (TPSA) is 24.9 Å². The molecule has 2 aromatic rings. The number of aryl methyl sites for hydroxylation is 3. The second-order valence-electron chi connectivity index (χ2n) is 5.14. The van der Waals surface area contributed by atoms with Crippen LogP contribution < -0.4 is 5.32 Å². The van der Waals surface area contributed by atoms with Crippen LogP contribution in [0.2, 0.25) is 0 Å². The highest BCUT2D eigenvalue weighted by Crippen LogP contribution is 2.34. The molecule has 2 nitrogen and oxygen atoms in total. The maximum Gasteiger partial charge on any atom is 0.183 e. The molecule has 0 unspecified atom stereocenters. The van der Waals surface area contributed by atoms with Gasteiger partial charge in [-0.3, -0.25) is 0 Å². The van der Waals surface area contributed by atoms with Gasteiger partial charge in [0.2, 0.25) is 0 Å². The molecule has 1 aliphatic carbocycles. The molecule has 1 aliphatic rings. The molecule has 0 spiro atoms. The van der Waals surface area contributed by atoms with E-state index in [9.17, 15) is 0 Å². The summed E-state index contributed by atoms with van der Waals surface area (Å²) in [6, 6.07) is 7.25. The Kier molecular flexibility index (Phi) is 2.86. The van der Waals surface area contributed by atoms with Crippen LogP contribution in [-0.2, 0) is 0 Å². The molecule has 1 N–H and O–H groups in total. The van der Waals surface area contributed by atoms with Crippen LogP contribution >= 0.6 is 11.3 Å². The summed E-state index contributed by atoms with van der Waals surface area (Å²) in [5, 5.41) is 4.55. The van der Waals surface area contributed by atoms with Gasteiger partial charge in [0, 0.05) is 16.5 Å². The van der Waals surface area contributed by atoms with Crippen molar-refractivity contribution in [1.29, 1.82) is 0 Å². The Morgan fingerprint density at radius 1 is 1.17 bits per heavy atom. The van der Waals surface area contributed by atoms with Crippen molar-refractivity contribution in [2.75, 3.05) is 5.32 Å². The van der Waals surface area contributed by atoms with Gasteiger partial charge in [0.1, 0.15) is 0 Å². The Balaban J connectivity index is 1.94. The second kappa shape index (κ2) is 4.39. The van der Waals surface area contributed by atoms with Crippen molar-refractivity contribution in [1.82, 2.24) is 4.98 Å². The van der Waals surface area contributed by atoms with Crippen LogP contribution in [0, 0.1) is 20.8 Å². The summed E-state index contributed by atoms with van der Waals surface area (Å²) in [5.41, 5.74) is 5.03. The summed E-state index contributed by atoms with van der Waals surface area (Å²) in [4.78, 5) is 6.03. The van der Waals surface area contributed by atoms with Gasteiger partial charge in [-0.05, 0) is 50.8 Å². The molecule has 94 valence electrons. The smallest absolute Gasteiger partial charge is 0.183 e. The number of hydrogen-bond donors (Lipinski definition) is 1. The van der Waals surface area contributed by atoms with Gasteiger partial charge >= 0.3 is 0 Å². The average molecular weight is 258 g/mol. The molecular weight excluding hydrogens is 240 g/mol. The first-order chi connectivity index (χ1) is 8.63. The predicted octanol–water partition coefficient (Wildman–Crippen LogP) is 4.31. The Morgan fingerprint density at radius 2 is 1.94 bits per heavy atom. The monoisotopic (exact) mass is 258 g/mol. The molecule has 3 heteroatoms. The number of nitrogens with one attached hydrogen (secondary N) is 1. The highest BCUT2D eigenvalue weighted by atomic mass is 32.1. The fraction of sp³-hybridized carbons (Fsp3) is 0.400. The Bertz CT molecular complexity index is 582. The summed E-state index contributed by atoms with van der Waals surface area (Å²) >= 11 is 1.77. The quantitative estimate of drug-likeness (QED) is 0.887. The molecule has 1 aromatic heterocycles. The van der Waals surface area contributed by atoms with Crippen LogP contribution in [0.5, 0.6) is 0 Å². The average Bonchev–Trinajstić information content (AvgIpc) is 3.06. The zero-order valence-corrected chi connectivity index (χ0v) is 11.9. The lowest BCUT2D eigenvalue weighted by molar-refractivity contribution is 1.14. The highest BCUT2D eigenvalue weighted by molar-refractivity contribution is 7.16. The molecule has 1 heterocycles. The van der Waals surface area contributed by atoms with Gasteiger partial charge in [0.25, 0.3) is 0 Å². The minimum absolute atomic E-state index is 0.670. The van der Waals surface area contributed by atoms with Gasteiger partial charge in [0.15, 0.2) is 5.13 Å². The summed E-state index contributed by atoms with van der Waals surface area (Å²) in [6.07, 6.45) is 2.58. The maximum atomic E-state index is 4.74. The minimum atomic E-state index is 0.670. The third-order valence-corrected chi connectivity index (χ3v) is 4.38. The van der Waals surface area contributed by atoms with E-state index in [1.807, 2.05) is 0 Å². The largest absolute Gasteiger partial charge is 0.359 e. The number of nitrogens with zero attached hydrogens (tertiary/aromatic N) is 1. The first-order valence-corrected chi connectivity index (χ1v) is 7.27. The second-order valence-corrected chi connectivity index (χ2v) is 6.34. The lowest BCUT2D eigenvalue weighted by Gasteiger charge is -2.03. The first kappa shape index (κ1) is 11.7. The summed E-state index contributed by atoms with van der Waals surface area (Å²) in [7, 11) is 0. The molecule has 1 aromatic carbocycles. The SMILES string of the molecule is Cc1ccc(-c2nc(NC3CC3)sc2C)cc1C. The van der Waals surface area contributed by atoms with Gasteiger partial charge in [-0.2, -0.15) is 0 Å². The molecular formula is C15H18N2S. The van der Waals surface area contributed by atoms with Crippen LogP contribution in [0.3, 0.4) is 0 Å². The van der Waals surface area contributed by atoms with Gasteiger partial charge < -0.3 is 5.32 Å². The van der Waals surface area contributed by atoms with Crippen LogP contribution in [-0.4, -0.2) is 11.0 Å². The number of anilines is 1. The number of hydrogen-bond acceptors (Lipinski definition) is 3. The predicted molar refractivity (Wildman–Crippen MR) is 78.4 cm³/mol. The van der Waals surface area contributed by atoms with Gasteiger partial charge in [-0.15, -0.1) is 11.3 Å². The molecule has 0 radical (unpaired) electrons. The zero-order valence-electron chi connectivity index (χ0n) is 11.1. The summed E-state index contributed by atoms with van der Waals surface area (Å²) < 4.78 is 0. The Hall–Kier alpha value is -1.35. The van der Waals surface area contributed by atoms with E-state index in [0.29, 0.717) is 6.04 Å². The molecule has 0 saturated heterocycles. The highest BCUT2D eigenvalue weighted by Gasteiger charge is 2.22. The van der Waals surface area contributed by atoms with E-state index in [-0.39, 0.29) is 0 Å². The van der Waals surface area contributed by atoms with E-state index in [2.05, 4.69) is 44.3 Å². The minimum Gasteiger partial charge on any atom is -0.359 e. The number of rotatable bonds is 3. The molecule has 3 rings (SSSR count). The standard InChI is InChI=1S/C15H18N2S/c1-9-4-5-12(8-10(9)2)14-11(3)18-15(17-14)16-13-6-7-13/h4-5,8,13H,6-7H2,1-3H3,(H,16,17). The number of benzene rings is 1. The van der Waals surface area contributed by atoms with Crippen molar-refractivity contribution in [2.45, 2.75) is 39.7 Å². The van der Waals surface area contributed by atoms with E-state index in [1.54, 1.807) is 11.3 Å². The molecule has 0 atom stereocenters. The van der Waals surface area contributed by atoms with E-state index < -0.39 is 0 Å². The van der Waals surface area contributed by atoms with Crippen LogP contribution in [0.25, 0.3) is 11.3 Å². The van der Waals surface area contributed by atoms with Crippen LogP contribution in [0.1, 0.15) is 28.8 Å². The summed E-state index contributed by atoms with van der Waals surface area (Å²) in [5.74, 6) is 0. The van der Waals surface area contributed by atoms with Crippen molar-refractivity contribution in [3.8, 4) is 11.3 Å². The Labute approximate surface area is 112 Å². The lowest BCUT2D eigenvalue weighted by atomic mass is 10.0. The van der Waals surface area contributed by atoms with Gasteiger partial charge in [0.05, 0.1) is 5.69 Å². The van der Waals surface area contributed by atoms with E-state index in [4.69, 9.17) is 4.98 Å². The molecule has 1 saturated carbocycles. The van der Waals surface area contributed by atoms with Gasteiger partial charge in [-0.25, -0.2) is 4.98 Å². The van der Waals surface area contributed by atoms with Crippen LogP contribution in [0.15, 0.2) is 18.2 Å². The number of thiazole rings is 1. The number of aromatic nitrogens is 1. The fourth-order valence-corrected chi connectivity index (χ4v) is 2.93. The van der Waals surface area contributed by atoms with Crippen molar-refractivity contribution < 1.29 is 0 Å². The first-order valence-electron chi connectivity index (χ1n) is 6.45. The fourth-order valence-electron chi connectivity index (χ4n) is 2.02. The third kappa shape index (κ3) is 2.27. The molecule has 0 aliphatic heterocycles. The van der Waals surface area contributed by atoms with Crippen LogP contribution in [0.4, 0.5) is 5.13 Å². The molecule has 18 heavy (non-hydrogen) atoms. The molecule has 0 bridgehead atoms. The maximum absolute atomic E-state index is 4.74.